The highest BCUT2D eigenvalue weighted by molar-refractivity contribution is 5.12. The topological polar surface area (TPSA) is 68.2 Å². The molecule has 0 spiro atoms. The van der Waals surface area contributed by atoms with Gasteiger partial charge in [0.1, 0.15) is 0 Å². The first-order chi connectivity index (χ1) is 8.08. The molecule has 0 bridgehead atoms. The largest absolute Gasteiger partial charge is 0.339 e. The summed E-state index contributed by atoms with van der Waals surface area (Å²) in [7, 11) is 0. The lowest BCUT2D eigenvalue weighted by atomic mass is 9.99. The first-order valence-corrected chi connectivity index (χ1v) is 6.45. The van der Waals surface area contributed by atoms with Crippen molar-refractivity contribution >= 4 is 0 Å². The van der Waals surface area contributed by atoms with Gasteiger partial charge in [-0.25, -0.2) is 0 Å². The molecule has 1 saturated carbocycles. The Bertz CT molecular complexity index is 412. The average Bonchev–Trinajstić information content (AvgIpc) is 2.87. The van der Waals surface area contributed by atoms with Crippen molar-refractivity contribution in [2.45, 2.75) is 50.6 Å². The summed E-state index contributed by atoms with van der Waals surface area (Å²) in [4.78, 5) is 6.86. The highest BCUT2D eigenvalue weighted by atomic mass is 16.5. The molecule has 1 saturated heterocycles. The molecule has 1 aromatic rings. The molecule has 1 aliphatic carbocycles. The van der Waals surface area contributed by atoms with E-state index >= 15 is 0 Å². The van der Waals surface area contributed by atoms with Gasteiger partial charge in [0.05, 0.1) is 5.54 Å². The van der Waals surface area contributed by atoms with Gasteiger partial charge in [-0.2, -0.15) is 4.98 Å². The quantitative estimate of drug-likeness (QED) is 0.854. The monoisotopic (exact) mass is 236 g/mol. The van der Waals surface area contributed by atoms with Crippen LogP contribution < -0.4 is 5.73 Å². The molecule has 1 atom stereocenters. The number of rotatable bonds is 3. The Morgan fingerprint density at radius 2 is 2.24 bits per heavy atom. The molecular formula is C12H20N4O. The molecule has 1 aromatic heterocycles. The molecule has 5 nitrogen and oxygen atoms in total. The van der Waals surface area contributed by atoms with Crippen LogP contribution in [0.25, 0.3) is 0 Å². The summed E-state index contributed by atoms with van der Waals surface area (Å²) in [6.07, 6.45) is 3.27. The second-order valence-electron chi connectivity index (χ2n) is 5.70. The van der Waals surface area contributed by atoms with Crippen molar-refractivity contribution in [3.05, 3.63) is 11.7 Å². The van der Waals surface area contributed by atoms with Crippen molar-refractivity contribution in [3.63, 3.8) is 0 Å². The van der Waals surface area contributed by atoms with Gasteiger partial charge < -0.3 is 10.3 Å². The van der Waals surface area contributed by atoms with Crippen LogP contribution in [-0.4, -0.2) is 34.2 Å². The molecule has 0 amide bonds. The van der Waals surface area contributed by atoms with Crippen LogP contribution >= 0.6 is 0 Å². The Kier molecular flexibility index (Phi) is 2.48. The first kappa shape index (κ1) is 11.2. The zero-order chi connectivity index (χ0) is 12.0. The van der Waals surface area contributed by atoms with E-state index in [1.165, 1.54) is 12.8 Å². The van der Waals surface area contributed by atoms with Crippen molar-refractivity contribution < 1.29 is 4.52 Å². The molecule has 3 rings (SSSR count). The fraction of sp³-hybridized carbons (Fsp3) is 0.833. The maximum atomic E-state index is 6.42. The fourth-order valence-electron chi connectivity index (χ4n) is 2.42. The zero-order valence-corrected chi connectivity index (χ0v) is 10.5. The van der Waals surface area contributed by atoms with E-state index in [-0.39, 0.29) is 0 Å². The Hall–Kier alpha value is -0.940. The minimum absolute atomic E-state index is 0.416. The van der Waals surface area contributed by atoms with Crippen LogP contribution in [-0.2, 0) is 5.54 Å². The molecule has 2 N–H and O–H groups in total. The first-order valence-electron chi connectivity index (χ1n) is 6.45. The van der Waals surface area contributed by atoms with Crippen LogP contribution in [0.3, 0.4) is 0 Å². The van der Waals surface area contributed by atoms with Gasteiger partial charge in [0, 0.05) is 25.0 Å². The number of nitrogens with zero attached hydrogens (tertiary/aromatic N) is 3. The van der Waals surface area contributed by atoms with Crippen LogP contribution in [0.5, 0.6) is 0 Å². The number of nitrogens with two attached hydrogens (primary N) is 1. The van der Waals surface area contributed by atoms with Gasteiger partial charge >= 0.3 is 0 Å². The predicted molar refractivity (Wildman–Crippen MR) is 63.5 cm³/mol. The van der Waals surface area contributed by atoms with E-state index in [1.54, 1.807) is 0 Å². The molecule has 2 aliphatic rings. The van der Waals surface area contributed by atoms with E-state index in [4.69, 9.17) is 10.3 Å². The maximum absolute atomic E-state index is 6.42. The molecule has 2 fully saturated rings. The molecule has 1 aliphatic heterocycles. The Labute approximate surface area is 101 Å². The number of hydrogen-bond donors (Lipinski definition) is 1. The highest BCUT2D eigenvalue weighted by Crippen LogP contribution is 2.40. The number of likely N-dealkylation sites (tertiary alicyclic amines) is 1. The second-order valence-corrected chi connectivity index (χ2v) is 5.70. The second kappa shape index (κ2) is 3.78. The minimum Gasteiger partial charge on any atom is -0.339 e. The van der Waals surface area contributed by atoms with Crippen LogP contribution in [0.2, 0.25) is 0 Å². The van der Waals surface area contributed by atoms with Gasteiger partial charge in [0.2, 0.25) is 5.89 Å². The lowest BCUT2D eigenvalue weighted by Gasteiger charge is -2.23. The van der Waals surface area contributed by atoms with Gasteiger partial charge in [-0.3, -0.25) is 4.90 Å². The highest BCUT2D eigenvalue weighted by Gasteiger charge is 2.41. The molecule has 1 unspecified atom stereocenters. The van der Waals surface area contributed by atoms with Crippen LogP contribution in [0.1, 0.15) is 50.7 Å². The fourth-order valence-corrected chi connectivity index (χ4v) is 2.42. The van der Waals surface area contributed by atoms with Crippen molar-refractivity contribution in [2.24, 2.45) is 5.73 Å². The standard InChI is InChI=1S/C12H20N4O/c1-8(2)16-6-5-12(13,7-16)11-14-10(17-15-11)9-3-4-9/h8-9H,3-7,13H2,1-2H3. The van der Waals surface area contributed by atoms with Crippen molar-refractivity contribution in [1.82, 2.24) is 15.0 Å². The summed E-state index contributed by atoms with van der Waals surface area (Å²) in [5, 5.41) is 4.09. The average molecular weight is 236 g/mol. The minimum atomic E-state index is -0.416. The van der Waals surface area contributed by atoms with Gasteiger partial charge in [-0.1, -0.05) is 5.16 Å². The van der Waals surface area contributed by atoms with Crippen LogP contribution in [0, 0.1) is 0 Å². The molecule has 5 heteroatoms. The molecule has 17 heavy (non-hydrogen) atoms. The van der Waals surface area contributed by atoms with E-state index < -0.39 is 5.54 Å². The third kappa shape index (κ3) is 1.98. The van der Waals surface area contributed by atoms with E-state index in [0.717, 1.165) is 25.4 Å². The smallest absolute Gasteiger partial charge is 0.229 e. The molecule has 2 heterocycles. The Morgan fingerprint density at radius 1 is 1.47 bits per heavy atom. The summed E-state index contributed by atoms with van der Waals surface area (Å²) >= 11 is 0. The number of hydrogen-bond acceptors (Lipinski definition) is 5. The SMILES string of the molecule is CC(C)N1CCC(N)(c2noc(C3CC3)n2)C1. The molecule has 0 radical (unpaired) electrons. The van der Waals surface area contributed by atoms with Gasteiger partial charge in [0.15, 0.2) is 5.82 Å². The Morgan fingerprint density at radius 3 is 2.82 bits per heavy atom. The Balaban J connectivity index is 1.77. The van der Waals surface area contributed by atoms with Gasteiger partial charge in [0.25, 0.3) is 0 Å². The van der Waals surface area contributed by atoms with Gasteiger partial charge in [-0.05, 0) is 33.1 Å². The van der Waals surface area contributed by atoms with Crippen LogP contribution in [0.4, 0.5) is 0 Å². The van der Waals surface area contributed by atoms with E-state index in [0.29, 0.717) is 17.8 Å². The summed E-state index contributed by atoms with van der Waals surface area (Å²) in [5.41, 5.74) is 6.00. The van der Waals surface area contributed by atoms with E-state index in [9.17, 15) is 0 Å². The third-order valence-electron chi connectivity index (χ3n) is 3.87. The lowest BCUT2D eigenvalue weighted by Crippen LogP contribution is -2.42. The van der Waals surface area contributed by atoms with Crippen molar-refractivity contribution in [2.75, 3.05) is 13.1 Å². The normalized spacial score (nSPS) is 30.4. The van der Waals surface area contributed by atoms with Crippen LogP contribution in [0.15, 0.2) is 4.52 Å². The zero-order valence-electron chi connectivity index (χ0n) is 10.5. The van der Waals surface area contributed by atoms with E-state index in [2.05, 4.69) is 28.9 Å². The van der Waals surface area contributed by atoms with Crippen molar-refractivity contribution in [3.8, 4) is 0 Å². The summed E-state index contributed by atoms with van der Waals surface area (Å²) in [6.45, 7) is 6.23. The lowest BCUT2D eigenvalue weighted by molar-refractivity contribution is 0.252. The molecule has 94 valence electrons. The van der Waals surface area contributed by atoms with E-state index in [1.807, 2.05) is 0 Å². The molecular weight excluding hydrogens is 216 g/mol. The van der Waals surface area contributed by atoms with Crippen molar-refractivity contribution in [1.29, 1.82) is 0 Å². The predicted octanol–water partition coefficient (Wildman–Crippen LogP) is 1.22. The maximum Gasteiger partial charge on any atom is 0.229 e. The third-order valence-corrected chi connectivity index (χ3v) is 3.87. The number of aromatic nitrogens is 2. The summed E-state index contributed by atoms with van der Waals surface area (Å²) in [5.74, 6) is 1.98. The van der Waals surface area contributed by atoms with Gasteiger partial charge in [-0.15, -0.1) is 0 Å². The summed E-state index contributed by atoms with van der Waals surface area (Å²) < 4.78 is 5.30. The molecule has 0 aromatic carbocycles. The summed E-state index contributed by atoms with van der Waals surface area (Å²) in [6, 6.07) is 0.523.